The van der Waals surface area contributed by atoms with Crippen LogP contribution in [0.5, 0.6) is 0 Å². The van der Waals surface area contributed by atoms with Crippen molar-refractivity contribution in [1.29, 1.82) is 0 Å². The molecule has 0 aliphatic carbocycles. The number of benzene rings is 1. The van der Waals surface area contributed by atoms with Crippen molar-refractivity contribution in [1.82, 2.24) is 5.32 Å². The summed E-state index contributed by atoms with van der Waals surface area (Å²) in [6.45, 7) is 7.25. The van der Waals surface area contributed by atoms with Gasteiger partial charge in [-0.05, 0) is 44.9 Å². The molecule has 1 aromatic carbocycles. The van der Waals surface area contributed by atoms with Crippen molar-refractivity contribution >= 4 is 11.8 Å². The molecule has 1 heterocycles. The lowest BCUT2D eigenvalue weighted by Gasteiger charge is -2.22. The maximum atomic E-state index is 11.8. The van der Waals surface area contributed by atoms with Gasteiger partial charge in [0, 0.05) is 18.8 Å². The van der Waals surface area contributed by atoms with Crippen molar-refractivity contribution < 1.29 is 14.6 Å². The summed E-state index contributed by atoms with van der Waals surface area (Å²) in [5.74, 6) is 0. The summed E-state index contributed by atoms with van der Waals surface area (Å²) in [5.41, 5.74) is 1.50. The highest BCUT2D eigenvalue weighted by molar-refractivity contribution is 5.68. The van der Waals surface area contributed by atoms with Crippen molar-refractivity contribution in [2.24, 2.45) is 0 Å². The van der Waals surface area contributed by atoms with Gasteiger partial charge in [-0.15, -0.1) is 0 Å². The highest BCUT2D eigenvalue weighted by Gasteiger charge is 2.26. The first-order valence-corrected chi connectivity index (χ1v) is 7.31. The van der Waals surface area contributed by atoms with Crippen molar-refractivity contribution in [3.63, 3.8) is 0 Å². The second-order valence-electron chi connectivity index (χ2n) is 6.41. The summed E-state index contributed by atoms with van der Waals surface area (Å²) in [6, 6.07) is 7.94. The van der Waals surface area contributed by atoms with Gasteiger partial charge in [-0.1, -0.05) is 12.1 Å². The number of hydrogen-bond acceptors (Lipinski definition) is 4. The fourth-order valence-corrected chi connectivity index (χ4v) is 2.44. The Balaban J connectivity index is 1.90. The number of carbonyl (C=O) groups is 1. The van der Waals surface area contributed by atoms with Crippen LogP contribution in [-0.2, 0) is 11.3 Å². The quantitative estimate of drug-likeness (QED) is 0.897. The van der Waals surface area contributed by atoms with E-state index in [1.807, 2.05) is 45.0 Å². The van der Waals surface area contributed by atoms with Gasteiger partial charge >= 0.3 is 6.09 Å². The van der Waals surface area contributed by atoms with Crippen LogP contribution in [0.3, 0.4) is 0 Å². The van der Waals surface area contributed by atoms with E-state index in [0.29, 0.717) is 0 Å². The molecule has 0 saturated carbocycles. The van der Waals surface area contributed by atoms with E-state index in [1.54, 1.807) is 0 Å². The van der Waals surface area contributed by atoms with Gasteiger partial charge in [-0.2, -0.15) is 0 Å². The summed E-state index contributed by atoms with van der Waals surface area (Å²) in [5, 5.41) is 12.1. The molecule has 0 bridgehead atoms. The fraction of sp³-hybridized carbons (Fsp3) is 0.562. The molecular weight excluding hydrogens is 268 g/mol. The van der Waals surface area contributed by atoms with Gasteiger partial charge < -0.3 is 20.1 Å². The Labute approximate surface area is 125 Å². The number of hydrogen-bond donors (Lipinski definition) is 2. The summed E-state index contributed by atoms with van der Waals surface area (Å²) < 4.78 is 5.28. The minimum absolute atomic E-state index is 0.0429. The molecule has 0 unspecified atom stereocenters. The van der Waals surface area contributed by atoms with Crippen molar-refractivity contribution in [2.75, 3.05) is 18.0 Å². The lowest BCUT2D eigenvalue weighted by atomic mass is 10.2. The number of nitrogens with zero attached hydrogens (tertiary/aromatic N) is 1. The van der Waals surface area contributed by atoms with Crippen LogP contribution in [-0.4, -0.2) is 35.9 Å². The zero-order valence-corrected chi connectivity index (χ0v) is 12.9. The van der Waals surface area contributed by atoms with Gasteiger partial charge in [-0.25, -0.2) is 4.79 Å². The molecule has 1 aliphatic heterocycles. The first kappa shape index (κ1) is 15.6. The molecule has 2 rings (SSSR count). The standard InChI is InChI=1S/C16H24N2O3/c1-16(2,3)21-15(20)17-13-7-8-18(10-13)14-6-4-5-12(9-14)11-19/h4-6,9,13,19H,7-8,10-11H2,1-3H3,(H,17,20)/t13-/m0/s1. The lowest BCUT2D eigenvalue weighted by Crippen LogP contribution is -2.40. The summed E-state index contributed by atoms with van der Waals surface area (Å²) >= 11 is 0. The molecule has 1 atom stereocenters. The molecule has 1 saturated heterocycles. The number of aliphatic hydroxyl groups is 1. The topological polar surface area (TPSA) is 61.8 Å². The van der Waals surface area contributed by atoms with E-state index >= 15 is 0 Å². The number of amides is 1. The first-order chi connectivity index (χ1) is 9.87. The molecule has 1 aromatic rings. The highest BCUT2D eigenvalue weighted by Crippen LogP contribution is 2.21. The summed E-state index contributed by atoms with van der Waals surface area (Å²) in [6.07, 6.45) is 0.529. The fourth-order valence-electron chi connectivity index (χ4n) is 2.44. The third kappa shape index (κ3) is 4.63. The van der Waals surface area contributed by atoms with Gasteiger partial charge in [0.2, 0.25) is 0 Å². The number of rotatable bonds is 3. The second kappa shape index (κ2) is 6.35. The van der Waals surface area contributed by atoms with Crippen LogP contribution in [0.1, 0.15) is 32.8 Å². The van der Waals surface area contributed by atoms with Gasteiger partial charge in [0.05, 0.1) is 12.6 Å². The number of nitrogens with one attached hydrogen (secondary N) is 1. The minimum Gasteiger partial charge on any atom is -0.444 e. The van der Waals surface area contributed by atoms with Crippen LogP contribution in [0.4, 0.5) is 10.5 Å². The summed E-state index contributed by atoms with van der Waals surface area (Å²) in [4.78, 5) is 14.0. The predicted octanol–water partition coefficient (Wildman–Crippen LogP) is 2.28. The van der Waals surface area contributed by atoms with E-state index in [0.717, 1.165) is 30.8 Å². The van der Waals surface area contributed by atoms with E-state index in [-0.39, 0.29) is 18.7 Å². The van der Waals surface area contributed by atoms with E-state index < -0.39 is 5.60 Å². The number of aliphatic hydroxyl groups excluding tert-OH is 1. The molecule has 116 valence electrons. The number of anilines is 1. The van der Waals surface area contributed by atoms with E-state index in [1.165, 1.54) is 0 Å². The Kier molecular flexibility index (Phi) is 4.73. The first-order valence-electron chi connectivity index (χ1n) is 7.31. The van der Waals surface area contributed by atoms with Crippen LogP contribution in [0.25, 0.3) is 0 Å². The molecular formula is C16H24N2O3. The van der Waals surface area contributed by atoms with Gasteiger partial charge in [0.25, 0.3) is 0 Å². The molecule has 0 spiro atoms. The Morgan fingerprint density at radius 2 is 2.24 bits per heavy atom. The molecule has 0 aromatic heterocycles. The van der Waals surface area contributed by atoms with Crippen LogP contribution in [0, 0.1) is 0 Å². The molecule has 1 fully saturated rings. The molecule has 2 N–H and O–H groups in total. The molecule has 5 heteroatoms. The molecule has 21 heavy (non-hydrogen) atoms. The average Bonchev–Trinajstić information content (AvgIpc) is 2.85. The maximum Gasteiger partial charge on any atom is 0.407 e. The van der Waals surface area contributed by atoms with Crippen LogP contribution >= 0.6 is 0 Å². The third-order valence-electron chi connectivity index (χ3n) is 3.37. The van der Waals surface area contributed by atoms with Crippen molar-refractivity contribution in [2.45, 2.75) is 45.4 Å². The molecule has 1 aliphatic rings. The largest absolute Gasteiger partial charge is 0.444 e. The minimum atomic E-state index is -0.474. The molecule has 1 amide bonds. The van der Waals surface area contributed by atoms with Crippen molar-refractivity contribution in [3.8, 4) is 0 Å². The SMILES string of the molecule is CC(C)(C)OC(=O)N[C@H]1CCN(c2cccc(CO)c2)C1. The Hall–Kier alpha value is -1.75. The smallest absolute Gasteiger partial charge is 0.407 e. The van der Waals surface area contributed by atoms with Gasteiger partial charge in [-0.3, -0.25) is 0 Å². The van der Waals surface area contributed by atoms with E-state index in [2.05, 4.69) is 10.2 Å². The number of ether oxygens (including phenoxy) is 1. The van der Waals surface area contributed by atoms with Gasteiger partial charge in [0.1, 0.15) is 5.60 Å². The number of alkyl carbamates (subject to hydrolysis) is 1. The normalized spacial score (nSPS) is 18.7. The monoisotopic (exact) mass is 292 g/mol. The zero-order chi connectivity index (χ0) is 15.5. The maximum absolute atomic E-state index is 11.8. The highest BCUT2D eigenvalue weighted by atomic mass is 16.6. The Bertz CT molecular complexity index is 497. The van der Waals surface area contributed by atoms with Crippen LogP contribution in [0.15, 0.2) is 24.3 Å². The van der Waals surface area contributed by atoms with E-state index in [4.69, 9.17) is 4.74 Å². The van der Waals surface area contributed by atoms with E-state index in [9.17, 15) is 9.90 Å². The summed E-state index contributed by atoms with van der Waals surface area (Å²) in [7, 11) is 0. The third-order valence-corrected chi connectivity index (χ3v) is 3.37. The zero-order valence-electron chi connectivity index (χ0n) is 12.9. The van der Waals surface area contributed by atoms with Crippen molar-refractivity contribution in [3.05, 3.63) is 29.8 Å². The Morgan fingerprint density at radius 3 is 2.90 bits per heavy atom. The molecule has 0 radical (unpaired) electrons. The van der Waals surface area contributed by atoms with Crippen LogP contribution < -0.4 is 10.2 Å². The number of carbonyl (C=O) groups excluding carboxylic acids is 1. The molecule has 5 nitrogen and oxygen atoms in total. The second-order valence-corrected chi connectivity index (χ2v) is 6.41. The van der Waals surface area contributed by atoms with Crippen LogP contribution in [0.2, 0.25) is 0 Å². The predicted molar refractivity (Wildman–Crippen MR) is 82.4 cm³/mol. The Morgan fingerprint density at radius 1 is 1.48 bits per heavy atom. The van der Waals surface area contributed by atoms with Gasteiger partial charge in [0.15, 0.2) is 0 Å². The lowest BCUT2D eigenvalue weighted by molar-refractivity contribution is 0.0509. The average molecular weight is 292 g/mol.